The minimum absolute atomic E-state index is 0.0466. The number of methoxy groups -OCH3 is 1. The Morgan fingerprint density at radius 3 is 2.57 bits per heavy atom. The molecule has 1 heterocycles. The number of benzene rings is 1. The van der Waals surface area contributed by atoms with Crippen LogP contribution in [-0.2, 0) is 22.5 Å². The van der Waals surface area contributed by atoms with Crippen molar-refractivity contribution >= 4 is 5.69 Å². The predicted octanol–water partition coefficient (Wildman–Crippen LogP) is 2.73. The summed E-state index contributed by atoms with van der Waals surface area (Å²) in [6.45, 7) is 1.16. The molecule has 2 rings (SSSR count). The van der Waals surface area contributed by atoms with Crippen molar-refractivity contribution in [2.45, 2.75) is 13.0 Å². The molecule has 0 aliphatic carbocycles. The SMILES string of the molecule is COCOCc1ccc(CCOc2ccc([N+](=O)[O-])cc2)nc1. The molecule has 1 aromatic carbocycles. The van der Waals surface area contributed by atoms with Crippen molar-refractivity contribution in [1.82, 2.24) is 4.98 Å². The lowest BCUT2D eigenvalue weighted by Crippen LogP contribution is -2.04. The Bertz CT molecular complexity index is 613. The lowest BCUT2D eigenvalue weighted by molar-refractivity contribution is -0.384. The van der Waals surface area contributed by atoms with Crippen LogP contribution in [0.15, 0.2) is 42.6 Å². The molecule has 122 valence electrons. The molecule has 0 unspecified atom stereocenters. The number of non-ortho nitro benzene ring substituents is 1. The summed E-state index contributed by atoms with van der Waals surface area (Å²) in [5.41, 5.74) is 1.93. The number of nitrogens with zero attached hydrogens (tertiary/aromatic N) is 2. The molecule has 0 atom stereocenters. The number of nitro groups is 1. The molecule has 2 aromatic rings. The molecule has 0 bridgehead atoms. The monoisotopic (exact) mass is 318 g/mol. The summed E-state index contributed by atoms with van der Waals surface area (Å²) in [6.07, 6.45) is 2.41. The van der Waals surface area contributed by atoms with Gasteiger partial charge in [-0.2, -0.15) is 0 Å². The van der Waals surface area contributed by atoms with Gasteiger partial charge in [0.25, 0.3) is 5.69 Å². The van der Waals surface area contributed by atoms with Crippen LogP contribution in [0, 0.1) is 10.1 Å². The first-order valence-electron chi connectivity index (χ1n) is 7.07. The van der Waals surface area contributed by atoms with Crippen LogP contribution in [0.5, 0.6) is 5.75 Å². The predicted molar refractivity (Wildman–Crippen MR) is 83.2 cm³/mol. The number of hydrogen-bond acceptors (Lipinski definition) is 6. The van der Waals surface area contributed by atoms with Gasteiger partial charge in [0.15, 0.2) is 0 Å². The van der Waals surface area contributed by atoms with E-state index in [2.05, 4.69) is 4.98 Å². The zero-order chi connectivity index (χ0) is 16.5. The van der Waals surface area contributed by atoms with Crippen molar-refractivity contribution < 1.29 is 19.1 Å². The van der Waals surface area contributed by atoms with Gasteiger partial charge in [0.2, 0.25) is 0 Å². The Morgan fingerprint density at radius 1 is 1.17 bits per heavy atom. The Kier molecular flexibility index (Phi) is 6.46. The van der Waals surface area contributed by atoms with E-state index in [-0.39, 0.29) is 12.5 Å². The van der Waals surface area contributed by atoms with Crippen LogP contribution in [-0.4, -0.2) is 30.4 Å². The quantitative estimate of drug-likeness (QED) is 0.306. The highest BCUT2D eigenvalue weighted by atomic mass is 16.7. The van der Waals surface area contributed by atoms with Gasteiger partial charge < -0.3 is 14.2 Å². The van der Waals surface area contributed by atoms with Crippen molar-refractivity contribution in [3.8, 4) is 5.75 Å². The molecule has 0 spiro atoms. The molecular formula is C16H18N2O5. The fourth-order valence-electron chi connectivity index (χ4n) is 1.87. The topological polar surface area (TPSA) is 83.7 Å². The summed E-state index contributed by atoms with van der Waals surface area (Å²) in [5.74, 6) is 0.597. The van der Waals surface area contributed by atoms with E-state index in [1.807, 2.05) is 12.1 Å². The number of pyridine rings is 1. The van der Waals surface area contributed by atoms with Gasteiger partial charge in [0.05, 0.1) is 18.1 Å². The van der Waals surface area contributed by atoms with Crippen LogP contribution in [0.2, 0.25) is 0 Å². The van der Waals surface area contributed by atoms with Gasteiger partial charge in [-0.3, -0.25) is 15.1 Å². The van der Waals surface area contributed by atoms with Gasteiger partial charge in [-0.05, 0) is 23.8 Å². The lowest BCUT2D eigenvalue weighted by Gasteiger charge is -2.07. The minimum Gasteiger partial charge on any atom is -0.493 e. The molecule has 0 aliphatic rings. The van der Waals surface area contributed by atoms with E-state index in [1.54, 1.807) is 25.4 Å². The van der Waals surface area contributed by atoms with E-state index in [1.165, 1.54) is 12.1 Å². The number of nitro benzene ring substituents is 1. The van der Waals surface area contributed by atoms with E-state index in [9.17, 15) is 10.1 Å². The van der Waals surface area contributed by atoms with Crippen molar-refractivity contribution in [2.24, 2.45) is 0 Å². The third kappa shape index (κ3) is 5.65. The Balaban J connectivity index is 1.76. The average molecular weight is 318 g/mol. The van der Waals surface area contributed by atoms with E-state index < -0.39 is 4.92 Å². The normalized spacial score (nSPS) is 10.5. The number of ether oxygens (including phenoxy) is 3. The molecule has 1 aromatic heterocycles. The van der Waals surface area contributed by atoms with Crippen LogP contribution < -0.4 is 4.74 Å². The lowest BCUT2D eigenvalue weighted by atomic mass is 10.2. The maximum absolute atomic E-state index is 10.6. The van der Waals surface area contributed by atoms with Gasteiger partial charge >= 0.3 is 0 Å². The van der Waals surface area contributed by atoms with E-state index in [0.29, 0.717) is 25.4 Å². The molecule has 0 fully saturated rings. The zero-order valence-corrected chi connectivity index (χ0v) is 12.8. The van der Waals surface area contributed by atoms with Gasteiger partial charge in [0, 0.05) is 37.6 Å². The third-order valence-corrected chi connectivity index (χ3v) is 3.03. The van der Waals surface area contributed by atoms with Crippen LogP contribution in [0.1, 0.15) is 11.3 Å². The highest BCUT2D eigenvalue weighted by molar-refractivity contribution is 5.35. The molecule has 0 amide bonds. The summed E-state index contributed by atoms with van der Waals surface area (Å²) in [6, 6.07) is 9.88. The third-order valence-electron chi connectivity index (χ3n) is 3.03. The second-order valence-corrected chi connectivity index (χ2v) is 4.76. The van der Waals surface area contributed by atoms with Crippen LogP contribution in [0.4, 0.5) is 5.69 Å². The molecule has 0 aliphatic heterocycles. The first-order chi connectivity index (χ1) is 11.2. The smallest absolute Gasteiger partial charge is 0.269 e. The summed E-state index contributed by atoms with van der Waals surface area (Å²) in [7, 11) is 1.58. The Morgan fingerprint density at radius 2 is 1.96 bits per heavy atom. The molecule has 7 nitrogen and oxygen atoms in total. The maximum Gasteiger partial charge on any atom is 0.269 e. The van der Waals surface area contributed by atoms with Crippen molar-refractivity contribution in [1.29, 1.82) is 0 Å². The van der Waals surface area contributed by atoms with Gasteiger partial charge in [-0.25, -0.2) is 0 Å². The highest BCUT2D eigenvalue weighted by Gasteiger charge is 2.04. The van der Waals surface area contributed by atoms with Crippen LogP contribution in [0.25, 0.3) is 0 Å². The number of hydrogen-bond donors (Lipinski definition) is 0. The van der Waals surface area contributed by atoms with E-state index in [4.69, 9.17) is 14.2 Å². The number of rotatable bonds is 9. The molecule has 0 radical (unpaired) electrons. The fraction of sp³-hybridized carbons (Fsp3) is 0.312. The first kappa shape index (κ1) is 16.9. The molecule has 0 N–H and O–H groups in total. The second-order valence-electron chi connectivity index (χ2n) is 4.76. The fourth-order valence-corrected chi connectivity index (χ4v) is 1.87. The van der Waals surface area contributed by atoms with Crippen molar-refractivity contribution in [2.75, 3.05) is 20.5 Å². The summed E-state index contributed by atoms with van der Waals surface area (Å²) >= 11 is 0. The second kappa shape index (κ2) is 8.82. The van der Waals surface area contributed by atoms with Crippen LogP contribution >= 0.6 is 0 Å². The minimum atomic E-state index is -0.439. The molecule has 7 heteroatoms. The van der Waals surface area contributed by atoms with Crippen molar-refractivity contribution in [3.63, 3.8) is 0 Å². The largest absolute Gasteiger partial charge is 0.493 e. The van der Waals surface area contributed by atoms with Gasteiger partial charge in [-0.1, -0.05) is 6.07 Å². The maximum atomic E-state index is 10.6. The van der Waals surface area contributed by atoms with Crippen LogP contribution in [0.3, 0.4) is 0 Å². The molecule has 0 saturated heterocycles. The summed E-state index contributed by atoms with van der Waals surface area (Å²) in [4.78, 5) is 14.5. The van der Waals surface area contributed by atoms with Crippen molar-refractivity contribution in [3.05, 3.63) is 64.0 Å². The Hall–Kier alpha value is -2.51. The molecular weight excluding hydrogens is 300 g/mol. The highest BCUT2D eigenvalue weighted by Crippen LogP contribution is 2.17. The summed E-state index contributed by atoms with van der Waals surface area (Å²) in [5, 5.41) is 10.6. The van der Waals surface area contributed by atoms with Gasteiger partial charge in [0.1, 0.15) is 12.5 Å². The van der Waals surface area contributed by atoms with Gasteiger partial charge in [-0.15, -0.1) is 0 Å². The van der Waals surface area contributed by atoms with E-state index >= 15 is 0 Å². The first-order valence-corrected chi connectivity index (χ1v) is 7.07. The molecule has 23 heavy (non-hydrogen) atoms. The molecule has 0 saturated carbocycles. The Labute approximate surface area is 134 Å². The van der Waals surface area contributed by atoms with E-state index in [0.717, 1.165) is 11.3 Å². The average Bonchev–Trinajstić information content (AvgIpc) is 2.57. The zero-order valence-electron chi connectivity index (χ0n) is 12.8. The summed E-state index contributed by atoms with van der Waals surface area (Å²) < 4.78 is 15.6. The number of aromatic nitrogens is 1. The standard InChI is InChI=1S/C16H18N2O5/c1-21-12-22-11-13-2-3-14(17-10-13)8-9-23-16-6-4-15(5-7-16)18(19)20/h2-7,10H,8-9,11-12H2,1H3.